The van der Waals surface area contributed by atoms with Crippen molar-refractivity contribution in [2.75, 3.05) is 7.11 Å². The van der Waals surface area contributed by atoms with Gasteiger partial charge in [0.1, 0.15) is 22.7 Å². The van der Waals surface area contributed by atoms with E-state index in [0.29, 0.717) is 0 Å². The van der Waals surface area contributed by atoms with Crippen LogP contribution in [-0.4, -0.2) is 22.1 Å². The largest absolute Gasteiger partial charge is 0.495 e. The summed E-state index contributed by atoms with van der Waals surface area (Å²) in [7, 11) is 1.34. The molecule has 22 heavy (non-hydrogen) atoms. The van der Waals surface area contributed by atoms with E-state index in [1.165, 1.54) is 19.2 Å². The first-order valence-electron chi connectivity index (χ1n) is 5.70. The molecule has 0 aliphatic rings. The zero-order valence-electron chi connectivity index (χ0n) is 10.9. The Kier molecular flexibility index (Phi) is 5.09. The van der Waals surface area contributed by atoms with Crippen LogP contribution in [0.25, 0.3) is 0 Å². The minimum absolute atomic E-state index is 0.134. The molecule has 0 aliphatic heterocycles. The Bertz CT molecular complexity index is 747. The van der Waals surface area contributed by atoms with Crippen LogP contribution in [0.3, 0.4) is 0 Å². The van der Waals surface area contributed by atoms with E-state index in [2.05, 4.69) is 4.98 Å². The van der Waals surface area contributed by atoms with Gasteiger partial charge in [-0.25, -0.2) is 0 Å². The fourth-order valence-corrected chi connectivity index (χ4v) is 2.98. The Balaban J connectivity index is 2.66. The van der Waals surface area contributed by atoms with Crippen LogP contribution in [0.2, 0.25) is 20.2 Å². The van der Waals surface area contributed by atoms with Gasteiger partial charge in [0.05, 0.1) is 17.1 Å². The third kappa shape index (κ3) is 2.98. The van der Waals surface area contributed by atoms with Gasteiger partial charge in [0, 0.05) is 10.6 Å². The second-order valence-corrected chi connectivity index (χ2v) is 5.78. The van der Waals surface area contributed by atoms with E-state index in [4.69, 9.17) is 51.1 Å². The second kappa shape index (κ2) is 6.52. The van der Waals surface area contributed by atoms with Gasteiger partial charge < -0.3 is 14.8 Å². The Labute approximate surface area is 144 Å². The molecule has 0 spiro atoms. The molecule has 10 heteroatoms. The number of hydrogen-bond acceptors (Lipinski definition) is 4. The highest BCUT2D eigenvalue weighted by Crippen LogP contribution is 2.43. The molecule has 0 aliphatic carbocycles. The van der Waals surface area contributed by atoms with Crippen molar-refractivity contribution in [3.8, 4) is 5.75 Å². The summed E-state index contributed by atoms with van der Waals surface area (Å²) in [6, 6.07) is 2.80. The smallest absolute Gasteiger partial charge is 0.313 e. The number of aliphatic hydroxyl groups is 1. The van der Waals surface area contributed by atoms with Gasteiger partial charge in [0.15, 0.2) is 5.02 Å². The van der Waals surface area contributed by atoms with Gasteiger partial charge >= 0.3 is 5.69 Å². The Hall–Kier alpha value is -1.18. The fourth-order valence-electron chi connectivity index (χ4n) is 1.99. The molecule has 2 aromatic rings. The molecule has 0 saturated carbocycles. The van der Waals surface area contributed by atoms with Gasteiger partial charge in [-0.3, -0.25) is 10.1 Å². The summed E-state index contributed by atoms with van der Waals surface area (Å²) in [6.07, 6.45) is -1.49. The van der Waals surface area contributed by atoms with Crippen LogP contribution in [0.1, 0.15) is 17.4 Å². The summed E-state index contributed by atoms with van der Waals surface area (Å²) in [5, 5.41) is 21.5. The number of H-pyrrole nitrogens is 1. The number of aromatic amines is 1. The van der Waals surface area contributed by atoms with Gasteiger partial charge in [-0.1, -0.05) is 46.4 Å². The molecule has 0 radical (unpaired) electrons. The molecule has 2 rings (SSSR count). The Morgan fingerprint density at radius 1 is 1.32 bits per heavy atom. The molecule has 1 aromatic heterocycles. The van der Waals surface area contributed by atoms with E-state index in [9.17, 15) is 15.2 Å². The number of halogens is 4. The summed E-state index contributed by atoms with van der Waals surface area (Å²) in [4.78, 5) is 12.9. The topological polar surface area (TPSA) is 88.4 Å². The van der Waals surface area contributed by atoms with E-state index < -0.39 is 16.7 Å². The van der Waals surface area contributed by atoms with Crippen molar-refractivity contribution >= 4 is 52.1 Å². The predicted molar refractivity (Wildman–Crippen MR) is 84.5 cm³/mol. The van der Waals surface area contributed by atoms with Crippen LogP contribution in [0.4, 0.5) is 5.69 Å². The lowest BCUT2D eigenvalue weighted by Crippen LogP contribution is -2.06. The van der Waals surface area contributed by atoms with Gasteiger partial charge in [-0.2, -0.15) is 0 Å². The Morgan fingerprint density at radius 3 is 2.50 bits per heavy atom. The van der Waals surface area contributed by atoms with E-state index in [-0.39, 0.29) is 37.2 Å². The zero-order valence-corrected chi connectivity index (χ0v) is 13.9. The van der Waals surface area contributed by atoms with Crippen molar-refractivity contribution in [2.45, 2.75) is 6.10 Å². The molecule has 0 fully saturated rings. The van der Waals surface area contributed by atoms with Crippen LogP contribution in [-0.2, 0) is 0 Å². The minimum atomic E-state index is -1.49. The quantitative estimate of drug-likeness (QED) is 0.455. The number of nitrogens with one attached hydrogen (secondary N) is 1. The van der Waals surface area contributed by atoms with E-state index >= 15 is 0 Å². The first-order valence-corrected chi connectivity index (χ1v) is 7.21. The standard InChI is InChI=1S/C12H8Cl4N2O4/c1-22-11-5(2-4(13)3-6(11)14)10(19)8-9(18(20)21)7(15)12(16)17-8/h2-3,10,17,19H,1H3/i18+1. The number of aromatic nitrogens is 1. The number of aliphatic hydroxyl groups excluding tert-OH is 1. The summed E-state index contributed by atoms with van der Waals surface area (Å²) < 4.78 is 5.11. The lowest BCUT2D eigenvalue weighted by Gasteiger charge is -2.15. The van der Waals surface area contributed by atoms with Crippen molar-refractivity contribution < 1.29 is 14.8 Å². The van der Waals surface area contributed by atoms with Crippen LogP contribution in [0.15, 0.2) is 12.1 Å². The van der Waals surface area contributed by atoms with Gasteiger partial charge in [-0.05, 0) is 12.1 Å². The highest BCUT2D eigenvalue weighted by atomic mass is 35.5. The maximum absolute atomic E-state index is 11.1. The molecule has 0 saturated heterocycles. The first kappa shape index (κ1) is 17.2. The zero-order chi connectivity index (χ0) is 16.6. The van der Waals surface area contributed by atoms with Gasteiger partial charge in [0.2, 0.25) is 0 Å². The van der Waals surface area contributed by atoms with Crippen molar-refractivity contribution in [1.82, 2.24) is 4.98 Å². The highest BCUT2D eigenvalue weighted by molar-refractivity contribution is 6.43. The number of hydrogen-bond donors (Lipinski definition) is 2. The predicted octanol–water partition coefficient (Wildman–Crippen LogP) is 4.63. The minimum Gasteiger partial charge on any atom is -0.495 e. The molecule has 1 atom stereocenters. The average Bonchev–Trinajstić information content (AvgIpc) is 2.73. The normalized spacial score (nSPS) is 12.3. The fraction of sp³-hybridized carbons (Fsp3) is 0.167. The average molecular weight is 387 g/mol. The van der Waals surface area contributed by atoms with Crippen molar-refractivity contribution in [1.29, 1.82) is 0 Å². The molecule has 0 amide bonds. The van der Waals surface area contributed by atoms with Crippen LogP contribution < -0.4 is 4.74 Å². The molecule has 1 heterocycles. The van der Waals surface area contributed by atoms with Crippen LogP contribution in [0, 0.1) is 10.1 Å². The third-order valence-corrected chi connectivity index (χ3v) is 4.14. The lowest BCUT2D eigenvalue weighted by atomic mass is 10.0. The molecule has 118 valence electrons. The molecule has 0 bridgehead atoms. The third-order valence-electron chi connectivity index (χ3n) is 2.89. The molecule has 6 nitrogen and oxygen atoms in total. The van der Waals surface area contributed by atoms with Crippen molar-refractivity contribution in [2.24, 2.45) is 0 Å². The molecular weight excluding hydrogens is 379 g/mol. The van der Waals surface area contributed by atoms with E-state index in [1.807, 2.05) is 0 Å². The maximum Gasteiger partial charge on any atom is 0.313 e. The van der Waals surface area contributed by atoms with Gasteiger partial charge in [0.25, 0.3) is 0 Å². The van der Waals surface area contributed by atoms with Crippen LogP contribution >= 0.6 is 46.4 Å². The number of rotatable bonds is 4. The summed E-state index contributed by atoms with van der Waals surface area (Å²) in [6.45, 7) is 0. The van der Waals surface area contributed by atoms with Crippen LogP contribution in [0.5, 0.6) is 5.75 Å². The monoisotopic (exact) mass is 385 g/mol. The maximum atomic E-state index is 11.1. The molecule has 1 aromatic carbocycles. The SMILES string of the molecule is COc1c(Cl)cc(Cl)cc1C(O)c1[nH]c(Cl)c(Cl)c1[15N+](=O)[O-]. The summed E-state index contributed by atoms with van der Waals surface area (Å²) in [5.41, 5.74) is -0.591. The number of nitrogens with zero attached hydrogens (tertiary/aromatic N) is 1. The van der Waals surface area contributed by atoms with Gasteiger partial charge in [-0.15, -0.1) is 0 Å². The first-order chi connectivity index (χ1) is 10.3. The molecule has 2 N–H and O–H groups in total. The number of benzene rings is 1. The summed E-state index contributed by atoms with van der Waals surface area (Å²) >= 11 is 23.4. The molecular formula is C12H8Cl4N2O4. The Morgan fingerprint density at radius 2 is 1.95 bits per heavy atom. The van der Waals surface area contributed by atoms with E-state index in [0.717, 1.165) is 0 Å². The number of methoxy groups -OCH3 is 1. The van der Waals surface area contributed by atoms with Crippen molar-refractivity contribution in [3.63, 3.8) is 0 Å². The lowest BCUT2D eigenvalue weighted by molar-refractivity contribution is -0.385. The molecule has 1 unspecified atom stereocenters. The number of ether oxygens (including phenoxy) is 1. The van der Waals surface area contributed by atoms with E-state index in [1.54, 1.807) is 0 Å². The number of nitro groups is 1. The highest BCUT2D eigenvalue weighted by Gasteiger charge is 2.32. The summed E-state index contributed by atoms with van der Waals surface area (Å²) in [5.74, 6) is 0.134. The van der Waals surface area contributed by atoms with Crippen molar-refractivity contribution in [3.05, 3.63) is 53.7 Å². The second-order valence-electron chi connectivity index (χ2n) is 4.18.